The summed E-state index contributed by atoms with van der Waals surface area (Å²) in [7, 11) is 1.91. The standard InChI is InChI=1S/C9H12N4O/c1-7-9(4-12-13(7)2)10-3-8-5-14-6-11-8/h4-6,10H,3H2,1-2H3. The third-order valence-electron chi connectivity index (χ3n) is 2.18. The molecular weight excluding hydrogens is 180 g/mol. The Bertz CT molecular complexity index is 404. The van der Waals surface area contributed by atoms with E-state index in [2.05, 4.69) is 15.4 Å². The lowest BCUT2D eigenvalue weighted by atomic mass is 10.4. The summed E-state index contributed by atoms with van der Waals surface area (Å²) in [5, 5.41) is 7.36. The van der Waals surface area contributed by atoms with Gasteiger partial charge in [0.1, 0.15) is 6.26 Å². The van der Waals surface area contributed by atoms with Gasteiger partial charge >= 0.3 is 0 Å². The lowest BCUT2D eigenvalue weighted by Gasteiger charge is -2.02. The van der Waals surface area contributed by atoms with Gasteiger partial charge in [-0.05, 0) is 6.92 Å². The van der Waals surface area contributed by atoms with Crippen molar-refractivity contribution in [1.29, 1.82) is 0 Å². The predicted octanol–water partition coefficient (Wildman–Crippen LogP) is 1.33. The van der Waals surface area contributed by atoms with Crippen molar-refractivity contribution < 1.29 is 4.42 Å². The summed E-state index contributed by atoms with van der Waals surface area (Å²) in [5.74, 6) is 0. The van der Waals surface area contributed by atoms with Gasteiger partial charge in [-0.25, -0.2) is 4.98 Å². The van der Waals surface area contributed by atoms with Crippen LogP contribution in [-0.4, -0.2) is 14.8 Å². The van der Waals surface area contributed by atoms with Gasteiger partial charge in [0, 0.05) is 7.05 Å². The molecule has 0 fully saturated rings. The van der Waals surface area contributed by atoms with Crippen LogP contribution < -0.4 is 5.32 Å². The van der Waals surface area contributed by atoms with Crippen LogP contribution in [0.2, 0.25) is 0 Å². The molecule has 5 nitrogen and oxygen atoms in total. The molecule has 2 heterocycles. The minimum absolute atomic E-state index is 0.656. The molecule has 2 aromatic rings. The fraction of sp³-hybridized carbons (Fsp3) is 0.333. The molecule has 14 heavy (non-hydrogen) atoms. The van der Waals surface area contributed by atoms with Crippen LogP contribution in [0.15, 0.2) is 23.3 Å². The lowest BCUT2D eigenvalue weighted by molar-refractivity contribution is 0.556. The summed E-state index contributed by atoms with van der Waals surface area (Å²) < 4.78 is 6.69. The summed E-state index contributed by atoms with van der Waals surface area (Å²) in [4.78, 5) is 4.01. The fourth-order valence-corrected chi connectivity index (χ4v) is 1.18. The van der Waals surface area contributed by atoms with E-state index in [4.69, 9.17) is 4.42 Å². The van der Waals surface area contributed by atoms with E-state index >= 15 is 0 Å². The number of aryl methyl sites for hydroxylation is 1. The first-order valence-corrected chi connectivity index (χ1v) is 4.37. The molecule has 0 aliphatic heterocycles. The zero-order valence-electron chi connectivity index (χ0n) is 8.19. The average molecular weight is 192 g/mol. The van der Waals surface area contributed by atoms with Crippen LogP contribution in [0.5, 0.6) is 0 Å². The van der Waals surface area contributed by atoms with E-state index in [1.165, 1.54) is 6.39 Å². The molecule has 0 saturated carbocycles. The number of aromatic nitrogens is 3. The van der Waals surface area contributed by atoms with Crippen molar-refractivity contribution in [3.8, 4) is 0 Å². The second kappa shape index (κ2) is 3.53. The number of hydrogen-bond acceptors (Lipinski definition) is 4. The van der Waals surface area contributed by atoms with Crippen molar-refractivity contribution in [3.05, 3.63) is 30.2 Å². The van der Waals surface area contributed by atoms with Gasteiger partial charge in [0.25, 0.3) is 0 Å². The molecule has 0 radical (unpaired) electrons. The van der Waals surface area contributed by atoms with Crippen molar-refractivity contribution in [3.63, 3.8) is 0 Å². The monoisotopic (exact) mass is 192 g/mol. The minimum Gasteiger partial charge on any atom is -0.451 e. The van der Waals surface area contributed by atoms with Crippen molar-refractivity contribution in [2.24, 2.45) is 7.05 Å². The van der Waals surface area contributed by atoms with Gasteiger partial charge in [0.15, 0.2) is 6.39 Å². The smallest absolute Gasteiger partial charge is 0.180 e. The molecule has 1 N–H and O–H groups in total. The molecule has 0 aromatic carbocycles. The van der Waals surface area contributed by atoms with Crippen LogP contribution in [-0.2, 0) is 13.6 Å². The SMILES string of the molecule is Cc1c(NCc2cocn2)cnn1C. The van der Waals surface area contributed by atoms with Crippen molar-refractivity contribution in [2.45, 2.75) is 13.5 Å². The summed E-state index contributed by atoms with van der Waals surface area (Å²) in [5.41, 5.74) is 3.01. The summed E-state index contributed by atoms with van der Waals surface area (Å²) >= 11 is 0. The lowest BCUT2D eigenvalue weighted by Crippen LogP contribution is -2.01. The Morgan fingerprint density at radius 1 is 1.57 bits per heavy atom. The normalized spacial score (nSPS) is 10.4. The first-order chi connectivity index (χ1) is 6.77. The molecule has 0 unspecified atom stereocenters. The van der Waals surface area contributed by atoms with Crippen LogP contribution in [0.3, 0.4) is 0 Å². The van der Waals surface area contributed by atoms with Crippen LogP contribution in [0.1, 0.15) is 11.4 Å². The maximum atomic E-state index is 4.87. The van der Waals surface area contributed by atoms with Crippen molar-refractivity contribution in [1.82, 2.24) is 14.8 Å². The number of hydrogen-bond donors (Lipinski definition) is 1. The highest BCUT2D eigenvalue weighted by Crippen LogP contribution is 2.12. The second-order valence-corrected chi connectivity index (χ2v) is 3.10. The second-order valence-electron chi connectivity index (χ2n) is 3.10. The first-order valence-electron chi connectivity index (χ1n) is 4.37. The molecule has 0 amide bonds. The zero-order chi connectivity index (χ0) is 9.97. The van der Waals surface area contributed by atoms with Crippen LogP contribution in [0, 0.1) is 6.92 Å². The highest BCUT2D eigenvalue weighted by Gasteiger charge is 2.03. The van der Waals surface area contributed by atoms with Crippen LogP contribution in [0.4, 0.5) is 5.69 Å². The van der Waals surface area contributed by atoms with E-state index in [1.807, 2.05) is 18.7 Å². The van der Waals surface area contributed by atoms with E-state index < -0.39 is 0 Å². The molecule has 2 aromatic heterocycles. The summed E-state index contributed by atoms with van der Waals surface area (Å²) in [6.07, 6.45) is 4.85. The zero-order valence-corrected chi connectivity index (χ0v) is 8.19. The Morgan fingerprint density at radius 3 is 3.00 bits per heavy atom. The molecule has 0 atom stereocenters. The third-order valence-corrected chi connectivity index (χ3v) is 2.18. The van der Waals surface area contributed by atoms with E-state index in [-0.39, 0.29) is 0 Å². The Kier molecular flexibility index (Phi) is 2.22. The molecule has 2 rings (SSSR count). The Hall–Kier alpha value is -1.78. The maximum Gasteiger partial charge on any atom is 0.180 e. The van der Waals surface area contributed by atoms with Gasteiger partial charge in [-0.2, -0.15) is 5.10 Å². The number of nitrogens with zero attached hydrogens (tertiary/aromatic N) is 3. The summed E-state index contributed by atoms with van der Waals surface area (Å²) in [6.45, 7) is 2.67. The van der Waals surface area contributed by atoms with Gasteiger partial charge < -0.3 is 9.73 Å². The fourth-order valence-electron chi connectivity index (χ4n) is 1.18. The highest BCUT2D eigenvalue weighted by molar-refractivity contribution is 5.45. The third kappa shape index (κ3) is 1.61. The molecule has 0 spiro atoms. The maximum absolute atomic E-state index is 4.87. The quantitative estimate of drug-likeness (QED) is 0.797. The first kappa shape index (κ1) is 8.80. The van der Waals surface area contributed by atoms with Gasteiger partial charge in [-0.15, -0.1) is 0 Å². The number of nitrogens with one attached hydrogen (secondary N) is 1. The topological polar surface area (TPSA) is 55.9 Å². The van der Waals surface area contributed by atoms with Crippen LogP contribution in [0.25, 0.3) is 0 Å². The molecule has 0 aliphatic rings. The molecule has 0 saturated heterocycles. The molecule has 0 aliphatic carbocycles. The molecular formula is C9H12N4O. The molecule has 5 heteroatoms. The van der Waals surface area contributed by atoms with Crippen LogP contribution >= 0.6 is 0 Å². The largest absolute Gasteiger partial charge is 0.451 e. The van der Waals surface area contributed by atoms with Crippen molar-refractivity contribution in [2.75, 3.05) is 5.32 Å². The number of rotatable bonds is 3. The van der Waals surface area contributed by atoms with Crippen molar-refractivity contribution >= 4 is 5.69 Å². The number of anilines is 1. The van der Waals surface area contributed by atoms with Gasteiger partial charge in [0.2, 0.25) is 0 Å². The summed E-state index contributed by atoms with van der Waals surface area (Å²) in [6, 6.07) is 0. The Balaban J connectivity index is 2.02. The van der Waals surface area contributed by atoms with E-state index in [0.717, 1.165) is 17.1 Å². The van der Waals surface area contributed by atoms with Gasteiger partial charge in [-0.1, -0.05) is 0 Å². The highest BCUT2D eigenvalue weighted by atomic mass is 16.3. The van der Waals surface area contributed by atoms with E-state index in [1.54, 1.807) is 12.5 Å². The Morgan fingerprint density at radius 2 is 2.43 bits per heavy atom. The predicted molar refractivity (Wildman–Crippen MR) is 51.8 cm³/mol. The average Bonchev–Trinajstić information content (AvgIpc) is 2.77. The number of oxazole rings is 1. The van der Waals surface area contributed by atoms with Gasteiger partial charge in [0.05, 0.1) is 29.8 Å². The van der Waals surface area contributed by atoms with Gasteiger partial charge in [-0.3, -0.25) is 4.68 Å². The minimum atomic E-state index is 0.656. The van der Waals surface area contributed by atoms with E-state index in [0.29, 0.717) is 6.54 Å². The van der Waals surface area contributed by atoms with E-state index in [9.17, 15) is 0 Å². The molecule has 0 bridgehead atoms. The molecule has 74 valence electrons. The Labute approximate surface area is 81.8 Å².